The molecule has 10 heteroatoms. The maximum Gasteiger partial charge on any atom is 0.433 e. The van der Waals surface area contributed by atoms with Crippen LogP contribution in [0.2, 0.25) is 5.02 Å². The Kier molecular flexibility index (Phi) is 6.02. The van der Waals surface area contributed by atoms with Crippen molar-refractivity contribution in [1.82, 2.24) is 14.9 Å². The van der Waals surface area contributed by atoms with Crippen molar-refractivity contribution in [3.8, 4) is 0 Å². The van der Waals surface area contributed by atoms with Crippen molar-refractivity contribution in [2.75, 3.05) is 37.8 Å². The molecule has 2 N–H and O–H groups in total. The normalized spacial score (nSPS) is 11.7. The summed E-state index contributed by atoms with van der Waals surface area (Å²) in [6.45, 7) is 0.921. The van der Waals surface area contributed by atoms with E-state index in [2.05, 4.69) is 20.6 Å². The lowest BCUT2D eigenvalue weighted by Gasteiger charge is -2.14. The molecular weight excluding hydrogens is 362 g/mol. The predicted molar refractivity (Wildman–Crippen MR) is 88.8 cm³/mol. The molecule has 5 nitrogen and oxygen atoms in total. The number of benzene rings is 1. The highest BCUT2D eigenvalue weighted by atomic mass is 35.5. The fourth-order valence-electron chi connectivity index (χ4n) is 1.86. The van der Waals surface area contributed by atoms with Crippen LogP contribution in [-0.4, -0.2) is 42.1 Å². The van der Waals surface area contributed by atoms with Gasteiger partial charge in [0.05, 0.1) is 5.69 Å². The largest absolute Gasteiger partial charge is 0.433 e. The second-order valence-electron chi connectivity index (χ2n) is 5.44. The van der Waals surface area contributed by atoms with Crippen molar-refractivity contribution >= 4 is 29.1 Å². The number of alkyl halides is 3. The monoisotopic (exact) mass is 377 g/mol. The molecule has 1 heterocycles. The van der Waals surface area contributed by atoms with Crippen LogP contribution in [0, 0.1) is 5.82 Å². The third-order valence-electron chi connectivity index (χ3n) is 3.05. The molecule has 0 aliphatic carbocycles. The van der Waals surface area contributed by atoms with Crippen LogP contribution in [0.1, 0.15) is 5.69 Å². The summed E-state index contributed by atoms with van der Waals surface area (Å²) in [6, 6.07) is 4.40. The lowest BCUT2D eigenvalue weighted by molar-refractivity contribution is -0.141. The van der Waals surface area contributed by atoms with E-state index in [9.17, 15) is 17.6 Å². The van der Waals surface area contributed by atoms with Gasteiger partial charge in [0.25, 0.3) is 0 Å². The van der Waals surface area contributed by atoms with E-state index in [1.165, 1.54) is 12.1 Å². The van der Waals surface area contributed by atoms with Gasteiger partial charge in [-0.2, -0.15) is 18.2 Å². The van der Waals surface area contributed by atoms with Crippen molar-refractivity contribution in [1.29, 1.82) is 0 Å². The minimum absolute atomic E-state index is 0.0847. The summed E-state index contributed by atoms with van der Waals surface area (Å²) in [5.74, 6) is -1.07. The van der Waals surface area contributed by atoms with Crippen LogP contribution < -0.4 is 10.6 Å². The topological polar surface area (TPSA) is 53.1 Å². The minimum atomic E-state index is -4.66. The van der Waals surface area contributed by atoms with E-state index in [0.29, 0.717) is 19.2 Å². The Bertz CT molecular complexity index is 736. The second kappa shape index (κ2) is 7.83. The highest BCUT2D eigenvalue weighted by Gasteiger charge is 2.33. The molecule has 1 aromatic heterocycles. The maximum absolute atomic E-state index is 13.8. The van der Waals surface area contributed by atoms with E-state index in [1.54, 1.807) is 0 Å². The summed E-state index contributed by atoms with van der Waals surface area (Å²) >= 11 is 5.78. The minimum Gasteiger partial charge on any atom is -0.353 e. The van der Waals surface area contributed by atoms with Gasteiger partial charge in [0.15, 0.2) is 5.69 Å². The second-order valence-corrected chi connectivity index (χ2v) is 5.88. The van der Waals surface area contributed by atoms with Gasteiger partial charge in [0.1, 0.15) is 11.6 Å². The van der Waals surface area contributed by atoms with Crippen LogP contribution in [0.4, 0.5) is 35.0 Å². The van der Waals surface area contributed by atoms with Crippen LogP contribution in [0.15, 0.2) is 24.3 Å². The summed E-state index contributed by atoms with van der Waals surface area (Å²) in [5.41, 5.74) is -1.22. The molecule has 0 aliphatic rings. The summed E-state index contributed by atoms with van der Waals surface area (Å²) in [7, 11) is 3.65. The van der Waals surface area contributed by atoms with Gasteiger partial charge in [-0.25, -0.2) is 9.37 Å². The zero-order valence-corrected chi connectivity index (χ0v) is 14.2. The van der Waals surface area contributed by atoms with E-state index in [0.717, 1.165) is 6.07 Å². The maximum atomic E-state index is 13.8. The smallest absolute Gasteiger partial charge is 0.353 e. The number of nitrogens with zero attached hydrogens (tertiary/aromatic N) is 3. The van der Waals surface area contributed by atoms with Gasteiger partial charge in [0.2, 0.25) is 5.95 Å². The number of nitrogens with one attached hydrogen (secondary N) is 2. The van der Waals surface area contributed by atoms with Crippen LogP contribution in [0.5, 0.6) is 0 Å². The van der Waals surface area contributed by atoms with E-state index in [4.69, 9.17) is 11.6 Å². The Morgan fingerprint density at radius 1 is 1.16 bits per heavy atom. The predicted octanol–water partition coefficient (Wildman–Crippen LogP) is 4.01. The van der Waals surface area contributed by atoms with Crippen LogP contribution in [0.25, 0.3) is 0 Å². The standard InChI is InChI=1S/C15H16ClF4N5/c1-25(2)6-5-21-14-23-12(15(18,19)20)8-13(24-14)22-11-7-9(16)3-4-10(11)17/h3-4,7-8H,5-6H2,1-2H3,(H2,21,22,23,24). The molecule has 25 heavy (non-hydrogen) atoms. The number of anilines is 3. The Morgan fingerprint density at radius 2 is 1.88 bits per heavy atom. The van der Waals surface area contributed by atoms with E-state index in [-0.39, 0.29) is 22.5 Å². The lowest BCUT2D eigenvalue weighted by Crippen LogP contribution is -2.22. The Hall–Kier alpha value is -2.13. The molecule has 0 saturated carbocycles. The fourth-order valence-corrected chi connectivity index (χ4v) is 2.03. The Labute approximate surface area is 147 Å². The van der Waals surface area contributed by atoms with E-state index < -0.39 is 17.7 Å². The van der Waals surface area contributed by atoms with Gasteiger partial charge in [-0.3, -0.25) is 0 Å². The average molecular weight is 378 g/mol. The van der Waals surface area contributed by atoms with Gasteiger partial charge in [0, 0.05) is 24.2 Å². The van der Waals surface area contributed by atoms with Gasteiger partial charge in [-0.15, -0.1) is 0 Å². The van der Waals surface area contributed by atoms with E-state index in [1.807, 2.05) is 19.0 Å². The molecule has 0 aliphatic heterocycles. The number of halogens is 5. The van der Waals surface area contributed by atoms with E-state index >= 15 is 0 Å². The third kappa shape index (κ3) is 5.71. The molecule has 1 aromatic carbocycles. The third-order valence-corrected chi connectivity index (χ3v) is 3.28. The van der Waals surface area contributed by atoms with Crippen molar-refractivity contribution in [3.63, 3.8) is 0 Å². The SMILES string of the molecule is CN(C)CCNc1nc(Nc2cc(Cl)ccc2F)cc(C(F)(F)F)n1. The van der Waals surface area contributed by atoms with Gasteiger partial charge in [-0.05, 0) is 32.3 Å². The Balaban J connectivity index is 2.30. The van der Waals surface area contributed by atoms with Crippen molar-refractivity contribution in [3.05, 3.63) is 40.8 Å². The van der Waals surface area contributed by atoms with Crippen LogP contribution in [-0.2, 0) is 6.18 Å². The molecule has 0 amide bonds. The zero-order valence-electron chi connectivity index (χ0n) is 13.5. The number of rotatable bonds is 6. The molecule has 2 rings (SSSR count). The molecule has 0 fully saturated rings. The fraction of sp³-hybridized carbons (Fsp3) is 0.333. The Morgan fingerprint density at radius 3 is 2.52 bits per heavy atom. The molecular formula is C15H16ClF4N5. The number of likely N-dealkylation sites (N-methyl/N-ethyl adjacent to an activating group) is 1. The number of aromatic nitrogens is 2. The highest BCUT2D eigenvalue weighted by Crippen LogP contribution is 2.31. The number of hydrogen-bond acceptors (Lipinski definition) is 5. The highest BCUT2D eigenvalue weighted by molar-refractivity contribution is 6.30. The average Bonchev–Trinajstić information content (AvgIpc) is 2.49. The molecule has 0 radical (unpaired) electrons. The van der Waals surface area contributed by atoms with Crippen molar-refractivity contribution < 1.29 is 17.6 Å². The van der Waals surface area contributed by atoms with Crippen molar-refractivity contribution in [2.45, 2.75) is 6.18 Å². The van der Waals surface area contributed by atoms with Gasteiger partial charge >= 0.3 is 6.18 Å². The summed E-state index contributed by atoms with van der Waals surface area (Å²) in [5, 5.41) is 5.46. The number of hydrogen-bond donors (Lipinski definition) is 2. The molecule has 0 bridgehead atoms. The van der Waals surface area contributed by atoms with Gasteiger partial charge in [-0.1, -0.05) is 11.6 Å². The molecule has 2 aromatic rings. The molecule has 0 spiro atoms. The summed E-state index contributed by atoms with van der Waals surface area (Å²) in [6.07, 6.45) is -4.66. The molecule has 0 atom stereocenters. The first-order chi connectivity index (χ1) is 11.6. The first-order valence-corrected chi connectivity index (χ1v) is 7.60. The van der Waals surface area contributed by atoms with Crippen molar-refractivity contribution in [2.24, 2.45) is 0 Å². The zero-order chi connectivity index (χ0) is 18.6. The first-order valence-electron chi connectivity index (χ1n) is 7.22. The molecule has 0 saturated heterocycles. The first kappa shape index (κ1) is 19.2. The summed E-state index contributed by atoms with van der Waals surface area (Å²) in [4.78, 5) is 9.25. The van der Waals surface area contributed by atoms with Gasteiger partial charge < -0.3 is 15.5 Å². The quantitative estimate of drug-likeness (QED) is 0.745. The van der Waals surface area contributed by atoms with Crippen LogP contribution >= 0.6 is 11.6 Å². The summed E-state index contributed by atoms with van der Waals surface area (Å²) < 4.78 is 52.9. The van der Waals surface area contributed by atoms with Crippen LogP contribution in [0.3, 0.4) is 0 Å². The molecule has 136 valence electrons. The lowest BCUT2D eigenvalue weighted by atomic mass is 10.3. The molecule has 0 unspecified atom stereocenters.